The summed E-state index contributed by atoms with van der Waals surface area (Å²) in [4.78, 5) is 1.37. The minimum absolute atomic E-state index is 1.07. The summed E-state index contributed by atoms with van der Waals surface area (Å²) >= 11 is 1.80. The van der Waals surface area contributed by atoms with Gasteiger partial charge in [-0.05, 0) is 17.4 Å². The van der Waals surface area contributed by atoms with Crippen LogP contribution in [0.2, 0.25) is 0 Å². The second-order valence-electron chi connectivity index (χ2n) is 2.66. The van der Waals surface area contributed by atoms with Gasteiger partial charge in [-0.2, -0.15) is 0 Å². The molecule has 0 fully saturated rings. The maximum Gasteiger partial charge on any atom is 0.0151 e. The van der Waals surface area contributed by atoms with Gasteiger partial charge < -0.3 is 0 Å². The monoisotopic (exact) mass is 174 g/mol. The van der Waals surface area contributed by atoms with Gasteiger partial charge in [0.1, 0.15) is 0 Å². The van der Waals surface area contributed by atoms with Gasteiger partial charge in [-0.15, -0.1) is 0 Å². The van der Waals surface area contributed by atoms with Crippen LogP contribution in [-0.2, 0) is 0 Å². The van der Waals surface area contributed by atoms with Gasteiger partial charge in [0.25, 0.3) is 0 Å². The van der Waals surface area contributed by atoms with E-state index in [1.54, 1.807) is 11.8 Å². The first kappa shape index (κ1) is 7.69. The van der Waals surface area contributed by atoms with E-state index in [-0.39, 0.29) is 0 Å². The fourth-order valence-electron chi connectivity index (χ4n) is 1.19. The lowest BCUT2D eigenvalue weighted by Crippen LogP contribution is -1.80. The molecular weight excluding hydrogens is 164 g/mol. The zero-order valence-electron chi connectivity index (χ0n) is 6.73. The maximum atomic E-state index is 2.26. The van der Waals surface area contributed by atoms with Gasteiger partial charge in [0.2, 0.25) is 0 Å². The quantitative estimate of drug-likeness (QED) is 0.626. The van der Waals surface area contributed by atoms with Crippen molar-refractivity contribution < 1.29 is 0 Å². The van der Waals surface area contributed by atoms with Crippen molar-refractivity contribution in [2.45, 2.75) is 6.42 Å². The molecule has 1 aromatic carbocycles. The third-order valence-electron chi connectivity index (χ3n) is 1.79. The van der Waals surface area contributed by atoms with Gasteiger partial charge in [0, 0.05) is 4.91 Å². The molecule has 1 heteroatoms. The van der Waals surface area contributed by atoms with Gasteiger partial charge in [0.15, 0.2) is 0 Å². The van der Waals surface area contributed by atoms with E-state index in [0.717, 1.165) is 6.42 Å². The van der Waals surface area contributed by atoms with Gasteiger partial charge >= 0.3 is 0 Å². The summed E-state index contributed by atoms with van der Waals surface area (Å²) in [6, 6.07) is 10.5. The van der Waals surface area contributed by atoms with Crippen molar-refractivity contribution >= 4 is 16.7 Å². The average Bonchev–Trinajstić information content (AvgIpc) is 2.21. The van der Waals surface area contributed by atoms with E-state index in [9.17, 15) is 0 Å². The Morgan fingerprint density at radius 1 is 1.08 bits per heavy atom. The van der Waals surface area contributed by atoms with Gasteiger partial charge in [0.05, 0.1) is 0 Å². The second-order valence-corrected chi connectivity index (χ2v) is 3.61. The summed E-state index contributed by atoms with van der Waals surface area (Å²) in [7, 11) is 0. The van der Waals surface area contributed by atoms with Crippen molar-refractivity contribution in [1.29, 1.82) is 0 Å². The van der Waals surface area contributed by atoms with Crippen molar-refractivity contribution in [2.75, 3.05) is 0 Å². The smallest absolute Gasteiger partial charge is 0.0151 e. The minimum atomic E-state index is 1.07. The zero-order valence-corrected chi connectivity index (χ0v) is 7.55. The highest BCUT2D eigenvalue weighted by Gasteiger charge is 2.00. The molecule has 1 aliphatic rings. The molecule has 1 aliphatic heterocycles. The topological polar surface area (TPSA) is 0 Å². The lowest BCUT2D eigenvalue weighted by atomic mass is 10.2. The second kappa shape index (κ2) is 3.63. The van der Waals surface area contributed by atoms with Crippen molar-refractivity contribution in [1.82, 2.24) is 0 Å². The minimum Gasteiger partial charge on any atom is -0.0981 e. The van der Waals surface area contributed by atoms with Gasteiger partial charge in [-0.3, -0.25) is 0 Å². The Kier molecular flexibility index (Phi) is 2.33. The summed E-state index contributed by atoms with van der Waals surface area (Å²) in [5, 5.41) is 2.16. The normalized spacial score (nSPS) is 15.8. The molecule has 0 amide bonds. The molecule has 2 rings (SSSR count). The molecule has 0 radical (unpaired) electrons. The number of benzene rings is 1. The molecule has 1 aromatic rings. The highest BCUT2D eigenvalue weighted by atomic mass is 32.2. The lowest BCUT2D eigenvalue weighted by molar-refractivity contribution is 1.41. The molecule has 0 atom stereocenters. The molecule has 0 bridgehead atoms. The Bertz CT molecular complexity index is 309. The predicted molar refractivity (Wildman–Crippen MR) is 55.8 cm³/mol. The highest BCUT2D eigenvalue weighted by Crippen LogP contribution is 2.31. The average molecular weight is 174 g/mol. The van der Waals surface area contributed by atoms with Crippen LogP contribution < -0.4 is 0 Å². The molecule has 0 saturated heterocycles. The zero-order chi connectivity index (χ0) is 8.23. The van der Waals surface area contributed by atoms with Crippen LogP contribution >= 0.6 is 11.8 Å². The molecule has 0 spiro atoms. The summed E-state index contributed by atoms with van der Waals surface area (Å²) < 4.78 is 0. The number of hydrogen-bond acceptors (Lipinski definition) is 1. The van der Waals surface area contributed by atoms with E-state index in [4.69, 9.17) is 0 Å². The number of allylic oxidation sites excluding steroid dienone is 2. The van der Waals surface area contributed by atoms with Gasteiger partial charge in [-0.1, -0.05) is 54.2 Å². The van der Waals surface area contributed by atoms with Crippen LogP contribution in [0.4, 0.5) is 0 Å². The number of thioether (sulfide) groups is 1. The SMILES string of the molecule is C1=CSC(c2ccccc2)=CC1. The number of hydrogen-bond donors (Lipinski definition) is 0. The first-order valence-electron chi connectivity index (χ1n) is 4.04. The maximum absolute atomic E-state index is 2.26. The Morgan fingerprint density at radius 3 is 2.58 bits per heavy atom. The molecule has 0 aliphatic carbocycles. The van der Waals surface area contributed by atoms with Crippen LogP contribution in [0, 0.1) is 0 Å². The summed E-state index contributed by atoms with van der Waals surface area (Å²) in [5.74, 6) is 0. The van der Waals surface area contributed by atoms with Gasteiger partial charge in [-0.25, -0.2) is 0 Å². The number of rotatable bonds is 1. The summed E-state index contributed by atoms with van der Waals surface area (Å²) in [6.45, 7) is 0. The predicted octanol–water partition coefficient (Wildman–Crippen LogP) is 3.68. The van der Waals surface area contributed by atoms with E-state index < -0.39 is 0 Å². The van der Waals surface area contributed by atoms with E-state index in [0.29, 0.717) is 0 Å². The van der Waals surface area contributed by atoms with E-state index in [1.165, 1.54) is 10.5 Å². The summed E-state index contributed by atoms with van der Waals surface area (Å²) in [6.07, 6.45) is 5.51. The first-order chi connectivity index (χ1) is 5.97. The van der Waals surface area contributed by atoms with Crippen LogP contribution in [0.3, 0.4) is 0 Å². The van der Waals surface area contributed by atoms with E-state index >= 15 is 0 Å². The molecule has 0 nitrogen and oxygen atoms in total. The molecule has 0 aromatic heterocycles. The Morgan fingerprint density at radius 2 is 1.92 bits per heavy atom. The Labute approximate surface area is 77.0 Å². The van der Waals surface area contributed by atoms with Crippen LogP contribution in [0.5, 0.6) is 0 Å². The standard InChI is InChI=1S/C11H10S/c1-2-6-10(7-3-1)11-8-4-5-9-12-11/h1-3,5-9H,4H2. The molecule has 1 heterocycles. The molecule has 60 valence electrons. The van der Waals surface area contributed by atoms with Crippen molar-refractivity contribution in [3.05, 3.63) is 53.5 Å². The third kappa shape index (κ3) is 1.62. The largest absolute Gasteiger partial charge is 0.0981 e. The molecule has 0 unspecified atom stereocenters. The molecule has 0 saturated carbocycles. The van der Waals surface area contributed by atoms with Crippen LogP contribution in [-0.4, -0.2) is 0 Å². The van der Waals surface area contributed by atoms with Crippen LogP contribution in [0.15, 0.2) is 47.9 Å². The fourth-order valence-corrected chi connectivity index (χ4v) is 2.01. The first-order valence-corrected chi connectivity index (χ1v) is 4.92. The molecule has 12 heavy (non-hydrogen) atoms. The van der Waals surface area contributed by atoms with Crippen LogP contribution in [0.1, 0.15) is 12.0 Å². The summed E-state index contributed by atoms with van der Waals surface area (Å²) in [5.41, 5.74) is 1.33. The van der Waals surface area contributed by atoms with E-state index in [1.807, 2.05) is 6.07 Å². The van der Waals surface area contributed by atoms with Crippen LogP contribution in [0.25, 0.3) is 4.91 Å². The van der Waals surface area contributed by atoms with Crippen molar-refractivity contribution in [3.8, 4) is 0 Å². The lowest BCUT2D eigenvalue weighted by Gasteiger charge is -2.06. The molecular formula is C11H10S. The Balaban J connectivity index is 2.26. The van der Waals surface area contributed by atoms with Crippen molar-refractivity contribution in [3.63, 3.8) is 0 Å². The Hall–Kier alpha value is -0.950. The highest BCUT2D eigenvalue weighted by molar-refractivity contribution is 8.11. The van der Waals surface area contributed by atoms with E-state index in [2.05, 4.69) is 41.8 Å². The molecule has 0 N–H and O–H groups in total. The fraction of sp³-hybridized carbons (Fsp3) is 0.0909. The van der Waals surface area contributed by atoms with Crippen molar-refractivity contribution in [2.24, 2.45) is 0 Å². The third-order valence-corrected chi connectivity index (χ3v) is 2.77.